The molecule has 0 aliphatic rings. The van der Waals surface area contributed by atoms with E-state index in [1.165, 1.54) is 17.0 Å². The molecule has 0 bridgehead atoms. The van der Waals surface area contributed by atoms with E-state index in [2.05, 4.69) is 48.7 Å². The molecule has 0 aliphatic carbocycles. The number of hydrogen-bond donors (Lipinski definition) is 1. The molecular weight excluding hydrogens is 555 g/mol. The number of halogens is 4. The predicted molar refractivity (Wildman–Crippen MR) is 142 cm³/mol. The molecule has 0 fully saturated rings. The number of aliphatic hydroxyl groups excluding tert-OH is 1. The smallest absolute Gasteiger partial charge is 0.414 e. The van der Waals surface area contributed by atoms with E-state index in [-0.39, 0.29) is 36.5 Å². The van der Waals surface area contributed by atoms with Gasteiger partial charge in [0.05, 0.1) is 13.2 Å². The number of benzene rings is 2. The summed E-state index contributed by atoms with van der Waals surface area (Å²) in [6.07, 6.45) is -4.81. The fourth-order valence-corrected chi connectivity index (χ4v) is 4.49. The number of aromatic nitrogens is 2. The Bertz CT molecular complexity index is 1250. The van der Waals surface area contributed by atoms with Gasteiger partial charge in [-0.05, 0) is 66.7 Å². The summed E-state index contributed by atoms with van der Waals surface area (Å²) >= 11 is 5.98. The summed E-state index contributed by atoms with van der Waals surface area (Å²) in [6.45, 7) is 10.00. The van der Waals surface area contributed by atoms with Crippen LogP contribution in [0.15, 0.2) is 53.1 Å². The van der Waals surface area contributed by atoms with Gasteiger partial charge in [-0.15, -0.1) is 13.2 Å². The molecule has 3 rings (SSSR count). The van der Waals surface area contributed by atoms with Gasteiger partial charge in [0.2, 0.25) is 5.82 Å². The van der Waals surface area contributed by atoms with Crippen LogP contribution in [0, 0.1) is 0 Å². The summed E-state index contributed by atoms with van der Waals surface area (Å²) in [4.78, 5) is 19.4. The SMILES string of the molecule is CC(C)(C)[Si](C)(C)OC[C@@H](c1nc(-c2ccc(OC(F)(F)F)cc2)no1)N(CCO)C(=O)c1ccc(Cl)cc1. The van der Waals surface area contributed by atoms with Crippen LogP contribution in [0.2, 0.25) is 23.2 Å². The zero-order valence-corrected chi connectivity index (χ0v) is 24.0. The Balaban J connectivity index is 1.97. The van der Waals surface area contributed by atoms with Gasteiger partial charge in [0.15, 0.2) is 8.32 Å². The molecule has 1 amide bonds. The van der Waals surface area contributed by atoms with Gasteiger partial charge in [-0.3, -0.25) is 4.79 Å². The number of rotatable bonds is 10. The first-order chi connectivity index (χ1) is 18.1. The lowest BCUT2D eigenvalue weighted by Crippen LogP contribution is -2.45. The minimum absolute atomic E-state index is 0.0236. The largest absolute Gasteiger partial charge is 0.573 e. The van der Waals surface area contributed by atoms with Crippen LogP contribution in [0.5, 0.6) is 5.75 Å². The fourth-order valence-electron chi connectivity index (χ4n) is 3.36. The average molecular weight is 586 g/mol. The second-order valence-electron chi connectivity index (χ2n) is 10.3. The lowest BCUT2D eigenvalue weighted by molar-refractivity contribution is -0.274. The van der Waals surface area contributed by atoms with E-state index in [0.29, 0.717) is 16.1 Å². The number of ether oxygens (including phenoxy) is 1. The molecule has 0 saturated carbocycles. The summed E-state index contributed by atoms with van der Waals surface area (Å²) in [6, 6.07) is 10.5. The van der Waals surface area contributed by atoms with Crippen LogP contribution in [0.4, 0.5) is 13.2 Å². The Morgan fingerprint density at radius 3 is 2.26 bits per heavy atom. The van der Waals surface area contributed by atoms with Gasteiger partial charge in [0, 0.05) is 22.7 Å². The van der Waals surface area contributed by atoms with E-state index in [4.69, 9.17) is 20.6 Å². The predicted octanol–water partition coefficient (Wildman–Crippen LogP) is 6.49. The van der Waals surface area contributed by atoms with E-state index in [0.717, 1.165) is 12.1 Å². The molecule has 39 heavy (non-hydrogen) atoms. The van der Waals surface area contributed by atoms with Crippen molar-refractivity contribution in [3.63, 3.8) is 0 Å². The molecule has 1 N–H and O–H groups in total. The van der Waals surface area contributed by atoms with E-state index < -0.39 is 32.4 Å². The molecule has 2 aromatic carbocycles. The maximum absolute atomic E-state index is 13.5. The third-order valence-corrected chi connectivity index (χ3v) is 11.3. The summed E-state index contributed by atoms with van der Waals surface area (Å²) in [7, 11) is -2.29. The van der Waals surface area contributed by atoms with E-state index in [1.807, 2.05) is 0 Å². The molecule has 8 nitrogen and oxygen atoms in total. The van der Waals surface area contributed by atoms with Crippen molar-refractivity contribution in [3.8, 4) is 17.1 Å². The van der Waals surface area contributed by atoms with Crippen molar-refractivity contribution in [1.29, 1.82) is 0 Å². The first-order valence-corrected chi connectivity index (χ1v) is 15.4. The lowest BCUT2D eigenvalue weighted by Gasteiger charge is -2.38. The Kier molecular flexibility index (Phi) is 9.47. The number of amides is 1. The number of alkyl halides is 3. The monoisotopic (exact) mass is 585 g/mol. The first kappa shape index (κ1) is 30.6. The number of hydrogen-bond acceptors (Lipinski definition) is 7. The van der Waals surface area contributed by atoms with Gasteiger partial charge in [0.25, 0.3) is 11.8 Å². The second kappa shape index (κ2) is 12.1. The van der Waals surface area contributed by atoms with Gasteiger partial charge in [0.1, 0.15) is 11.8 Å². The molecule has 0 aliphatic heterocycles. The van der Waals surface area contributed by atoms with Gasteiger partial charge in [-0.2, -0.15) is 4.98 Å². The molecule has 1 heterocycles. The second-order valence-corrected chi connectivity index (χ2v) is 15.6. The van der Waals surface area contributed by atoms with Crippen molar-refractivity contribution in [3.05, 3.63) is 65.0 Å². The van der Waals surface area contributed by atoms with Crippen LogP contribution in [0.1, 0.15) is 43.1 Å². The molecule has 0 unspecified atom stereocenters. The van der Waals surface area contributed by atoms with Crippen LogP contribution in [0.25, 0.3) is 11.4 Å². The third-order valence-electron chi connectivity index (χ3n) is 6.55. The third kappa shape index (κ3) is 8.04. The number of carbonyl (C=O) groups excluding carboxylic acids is 1. The van der Waals surface area contributed by atoms with Crippen molar-refractivity contribution < 1.29 is 36.8 Å². The number of carbonyl (C=O) groups is 1. The van der Waals surface area contributed by atoms with Crippen LogP contribution in [-0.2, 0) is 4.43 Å². The van der Waals surface area contributed by atoms with Gasteiger partial charge >= 0.3 is 6.36 Å². The van der Waals surface area contributed by atoms with Gasteiger partial charge in [-0.25, -0.2) is 0 Å². The Hall–Kier alpha value is -2.93. The molecule has 0 spiro atoms. The Labute approximate surface area is 230 Å². The van der Waals surface area contributed by atoms with Gasteiger partial charge in [-0.1, -0.05) is 37.5 Å². The maximum atomic E-state index is 13.5. The molecule has 0 radical (unpaired) electrons. The molecule has 1 atom stereocenters. The summed E-state index contributed by atoms with van der Waals surface area (Å²) < 4.78 is 53.4. The summed E-state index contributed by atoms with van der Waals surface area (Å²) in [5.74, 6) is -0.643. The Morgan fingerprint density at radius 2 is 1.72 bits per heavy atom. The van der Waals surface area contributed by atoms with E-state index in [9.17, 15) is 23.1 Å². The van der Waals surface area contributed by atoms with Crippen molar-refractivity contribution >= 4 is 25.8 Å². The number of aliphatic hydroxyl groups is 1. The molecule has 0 saturated heterocycles. The standard InChI is InChI=1S/C26H31ClF3N3O5Si/c1-25(2,3)39(4,5)36-16-21(33(14-15-34)24(35)18-6-10-19(27)11-7-18)23-31-22(32-38-23)17-8-12-20(13-9-17)37-26(28,29)30/h6-13,21,34H,14-16H2,1-5H3/t21-/m0/s1. The normalized spacial score (nSPS) is 13.3. The van der Waals surface area contributed by atoms with E-state index >= 15 is 0 Å². The highest BCUT2D eigenvalue weighted by molar-refractivity contribution is 6.74. The average Bonchev–Trinajstić information content (AvgIpc) is 3.32. The van der Waals surface area contributed by atoms with Crippen LogP contribution in [-0.4, -0.2) is 60.5 Å². The Morgan fingerprint density at radius 1 is 1.10 bits per heavy atom. The first-order valence-electron chi connectivity index (χ1n) is 12.1. The van der Waals surface area contributed by atoms with Crippen molar-refractivity contribution in [2.45, 2.75) is 51.3 Å². The zero-order valence-electron chi connectivity index (χ0n) is 22.3. The zero-order chi connectivity index (χ0) is 29.0. The minimum Gasteiger partial charge on any atom is -0.414 e. The molecule has 212 valence electrons. The highest BCUT2D eigenvalue weighted by atomic mass is 35.5. The number of nitrogens with zero attached hydrogens (tertiary/aromatic N) is 3. The fraction of sp³-hybridized carbons (Fsp3) is 0.423. The van der Waals surface area contributed by atoms with E-state index in [1.54, 1.807) is 24.3 Å². The quantitative estimate of drug-likeness (QED) is 0.272. The molecule has 13 heteroatoms. The summed E-state index contributed by atoms with van der Waals surface area (Å²) in [5.41, 5.74) is 0.714. The van der Waals surface area contributed by atoms with Crippen molar-refractivity contribution in [1.82, 2.24) is 15.0 Å². The van der Waals surface area contributed by atoms with Crippen LogP contribution in [0.3, 0.4) is 0 Å². The topological polar surface area (TPSA) is 97.9 Å². The highest BCUT2D eigenvalue weighted by Crippen LogP contribution is 2.38. The molecule has 3 aromatic rings. The van der Waals surface area contributed by atoms with Gasteiger partial charge < -0.3 is 23.7 Å². The molecule has 1 aromatic heterocycles. The molecular formula is C26H31ClF3N3O5Si. The highest BCUT2D eigenvalue weighted by Gasteiger charge is 2.40. The van der Waals surface area contributed by atoms with Crippen LogP contribution < -0.4 is 4.74 Å². The van der Waals surface area contributed by atoms with Crippen molar-refractivity contribution in [2.75, 3.05) is 19.8 Å². The maximum Gasteiger partial charge on any atom is 0.573 e. The lowest BCUT2D eigenvalue weighted by atomic mass is 10.1. The summed E-state index contributed by atoms with van der Waals surface area (Å²) in [5, 5.41) is 14.1. The van der Waals surface area contributed by atoms with Crippen LogP contribution >= 0.6 is 11.6 Å². The van der Waals surface area contributed by atoms with Crippen molar-refractivity contribution in [2.24, 2.45) is 0 Å². The minimum atomic E-state index is -4.81.